The molecule has 1 N–H and O–H groups in total. The number of hydrogen-bond acceptors (Lipinski definition) is 4. The number of ketones is 1. The highest BCUT2D eigenvalue weighted by atomic mass is 35.5. The van der Waals surface area contributed by atoms with E-state index in [0.717, 1.165) is 11.1 Å². The minimum atomic E-state index is -0.453. The highest BCUT2D eigenvalue weighted by Crippen LogP contribution is 2.38. The number of carbonyl (C=O) groups excluding carboxylic acids is 1. The molecule has 5 aromatic rings. The van der Waals surface area contributed by atoms with Crippen molar-refractivity contribution in [3.05, 3.63) is 118 Å². The number of hydrogen-bond donors (Lipinski definition) is 1. The summed E-state index contributed by atoms with van der Waals surface area (Å²) in [7, 11) is 0. The summed E-state index contributed by atoms with van der Waals surface area (Å²) in [5.41, 5.74) is 3.72. The standard InChI is InChI=1S/C28H22ClN3O2/c1-28(2,19-11-7-4-8-12-19)20-15-22(26(33)18-9-5-3-6-10-18)27(34)25(16-20)32-30-23-14-13-21(29)17-24(23)31-32/h3-17,34H,1-2H3. The molecule has 0 saturated carbocycles. The summed E-state index contributed by atoms with van der Waals surface area (Å²) < 4.78 is 0. The second-order valence-electron chi connectivity index (χ2n) is 8.70. The molecule has 0 aliphatic heterocycles. The summed E-state index contributed by atoms with van der Waals surface area (Å²) in [6.45, 7) is 4.17. The van der Waals surface area contributed by atoms with Crippen molar-refractivity contribution in [1.82, 2.24) is 15.0 Å². The molecule has 5 nitrogen and oxygen atoms in total. The first kappa shape index (κ1) is 21.9. The molecule has 1 aromatic heterocycles. The number of fused-ring (bicyclic) bond motifs is 1. The third-order valence-corrected chi connectivity index (χ3v) is 6.38. The Labute approximate surface area is 202 Å². The average Bonchev–Trinajstić information content (AvgIpc) is 3.27. The zero-order valence-electron chi connectivity index (χ0n) is 18.7. The van der Waals surface area contributed by atoms with Crippen molar-refractivity contribution in [3.8, 4) is 11.4 Å². The number of carbonyl (C=O) groups is 1. The number of nitrogens with zero attached hydrogens (tertiary/aromatic N) is 3. The van der Waals surface area contributed by atoms with Crippen LogP contribution in [0, 0.1) is 0 Å². The molecule has 34 heavy (non-hydrogen) atoms. The topological polar surface area (TPSA) is 68.0 Å². The summed E-state index contributed by atoms with van der Waals surface area (Å²) in [5, 5.41) is 20.9. The number of aromatic nitrogens is 3. The van der Waals surface area contributed by atoms with Gasteiger partial charge in [-0.15, -0.1) is 15.0 Å². The van der Waals surface area contributed by atoms with Gasteiger partial charge in [0.2, 0.25) is 0 Å². The normalized spacial score (nSPS) is 11.6. The van der Waals surface area contributed by atoms with Crippen molar-refractivity contribution in [2.45, 2.75) is 19.3 Å². The molecule has 1 heterocycles. The fourth-order valence-corrected chi connectivity index (χ4v) is 4.23. The van der Waals surface area contributed by atoms with Crippen LogP contribution >= 0.6 is 11.6 Å². The fraction of sp³-hybridized carbons (Fsp3) is 0.107. The van der Waals surface area contributed by atoms with Gasteiger partial charge in [-0.1, -0.05) is 86.1 Å². The van der Waals surface area contributed by atoms with Crippen molar-refractivity contribution >= 4 is 28.4 Å². The molecular weight excluding hydrogens is 446 g/mol. The Balaban J connectivity index is 1.75. The van der Waals surface area contributed by atoms with Gasteiger partial charge in [0.05, 0.1) is 5.56 Å². The number of phenols is 1. The molecule has 0 fully saturated rings. The highest BCUT2D eigenvalue weighted by Gasteiger charge is 2.28. The molecule has 0 aliphatic carbocycles. The zero-order valence-corrected chi connectivity index (χ0v) is 19.5. The van der Waals surface area contributed by atoms with Crippen molar-refractivity contribution in [2.75, 3.05) is 0 Å². The maximum absolute atomic E-state index is 13.5. The molecule has 0 unspecified atom stereocenters. The van der Waals surface area contributed by atoms with Crippen molar-refractivity contribution < 1.29 is 9.90 Å². The van der Waals surface area contributed by atoms with E-state index in [2.05, 4.69) is 24.0 Å². The van der Waals surface area contributed by atoms with E-state index >= 15 is 0 Å². The van der Waals surface area contributed by atoms with E-state index in [1.807, 2.05) is 42.5 Å². The SMILES string of the molecule is CC(C)(c1ccccc1)c1cc(C(=O)c2ccccc2)c(O)c(-n2nc3ccc(Cl)cc3n2)c1. The molecular formula is C28H22ClN3O2. The van der Waals surface area contributed by atoms with E-state index in [4.69, 9.17) is 11.6 Å². The van der Waals surface area contributed by atoms with E-state index in [0.29, 0.717) is 27.3 Å². The van der Waals surface area contributed by atoms with Gasteiger partial charge in [0, 0.05) is 16.0 Å². The summed E-state index contributed by atoms with van der Waals surface area (Å²) in [5.74, 6) is -0.447. The number of halogens is 1. The first-order valence-electron chi connectivity index (χ1n) is 10.9. The number of aromatic hydroxyl groups is 1. The molecule has 0 radical (unpaired) electrons. The maximum Gasteiger partial charge on any atom is 0.196 e. The molecule has 0 amide bonds. The highest BCUT2D eigenvalue weighted by molar-refractivity contribution is 6.31. The summed E-state index contributed by atoms with van der Waals surface area (Å²) in [6, 6.07) is 27.8. The average molecular weight is 468 g/mol. The van der Waals surface area contributed by atoms with Crippen LogP contribution in [0.25, 0.3) is 16.7 Å². The molecule has 168 valence electrons. The van der Waals surface area contributed by atoms with Crippen LogP contribution in [0.2, 0.25) is 5.02 Å². The first-order valence-corrected chi connectivity index (χ1v) is 11.3. The molecule has 0 saturated heterocycles. The zero-order chi connectivity index (χ0) is 23.9. The number of benzene rings is 4. The Morgan fingerprint density at radius 3 is 2.18 bits per heavy atom. The number of phenolic OH excluding ortho intramolecular Hbond substituents is 1. The smallest absolute Gasteiger partial charge is 0.196 e. The minimum absolute atomic E-state index is 0.173. The van der Waals surface area contributed by atoms with E-state index in [-0.39, 0.29) is 17.1 Å². The van der Waals surface area contributed by atoms with Gasteiger partial charge in [-0.3, -0.25) is 4.79 Å². The van der Waals surface area contributed by atoms with Crippen LogP contribution in [0.1, 0.15) is 40.9 Å². The summed E-state index contributed by atoms with van der Waals surface area (Å²) in [6.07, 6.45) is 0. The third-order valence-electron chi connectivity index (χ3n) is 6.15. The molecule has 0 bridgehead atoms. The predicted molar refractivity (Wildman–Crippen MR) is 134 cm³/mol. The van der Waals surface area contributed by atoms with Gasteiger partial charge in [-0.05, 0) is 41.5 Å². The molecule has 4 aromatic carbocycles. The Morgan fingerprint density at radius 2 is 1.47 bits per heavy atom. The van der Waals surface area contributed by atoms with Gasteiger partial charge < -0.3 is 5.11 Å². The van der Waals surface area contributed by atoms with E-state index in [1.54, 1.807) is 48.5 Å². The predicted octanol–water partition coefficient (Wildman–Crippen LogP) is 6.34. The Hall–Kier alpha value is -3.96. The van der Waals surface area contributed by atoms with Crippen molar-refractivity contribution in [3.63, 3.8) is 0 Å². The van der Waals surface area contributed by atoms with Crippen LogP contribution in [-0.4, -0.2) is 25.9 Å². The Morgan fingerprint density at radius 1 is 0.824 bits per heavy atom. The van der Waals surface area contributed by atoms with Gasteiger partial charge in [0.1, 0.15) is 16.7 Å². The lowest BCUT2D eigenvalue weighted by molar-refractivity contribution is 0.103. The van der Waals surface area contributed by atoms with Gasteiger partial charge in [-0.2, -0.15) is 0 Å². The lowest BCUT2D eigenvalue weighted by Gasteiger charge is -2.27. The van der Waals surface area contributed by atoms with Crippen molar-refractivity contribution in [2.24, 2.45) is 0 Å². The summed E-state index contributed by atoms with van der Waals surface area (Å²) >= 11 is 6.12. The second kappa shape index (κ2) is 8.43. The van der Waals surface area contributed by atoms with Crippen LogP contribution in [0.5, 0.6) is 5.75 Å². The van der Waals surface area contributed by atoms with Crippen LogP contribution in [-0.2, 0) is 5.41 Å². The van der Waals surface area contributed by atoms with Crippen molar-refractivity contribution in [1.29, 1.82) is 0 Å². The van der Waals surface area contributed by atoms with Crippen LogP contribution in [0.4, 0.5) is 0 Å². The molecule has 0 spiro atoms. The van der Waals surface area contributed by atoms with Crippen LogP contribution in [0.15, 0.2) is 91.0 Å². The fourth-order valence-electron chi connectivity index (χ4n) is 4.07. The number of rotatable bonds is 5. The lowest BCUT2D eigenvalue weighted by atomic mass is 9.77. The van der Waals surface area contributed by atoms with Crippen LogP contribution in [0.3, 0.4) is 0 Å². The lowest BCUT2D eigenvalue weighted by Crippen LogP contribution is -2.20. The van der Waals surface area contributed by atoms with E-state index < -0.39 is 5.41 Å². The monoisotopic (exact) mass is 467 g/mol. The Kier molecular flexibility index (Phi) is 5.42. The molecule has 6 heteroatoms. The van der Waals surface area contributed by atoms with Gasteiger partial charge >= 0.3 is 0 Å². The molecule has 0 aliphatic rings. The van der Waals surface area contributed by atoms with E-state index in [9.17, 15) is 9.90 Å². The minimum Gasteiger partial charge on any atom is -0.505 e. The second-order valence-corrected chi connectivity index (χ2v) is 9.14. The summed E-state index contributed by atoms with van der Waals surface area (Å²) in [4.78, 5) is 14.8. The first-order chi connectivity index (χ1) is 16.3. The molecule has 0 atom stereocenters. The largest absolute Gasteiger partial charge is 0.505 e. The van der Waals surface area contributed by atoms with Gasteiger partial charge in [0.25, 0.3) is 0 Å². The van der Waals surface area contributed by atoms with Crippen LogP contribution < -0.4 is 0 Å². The van der Waals surface area contributed by atoms with Gasteiger partial charge in [-0.25, -0.2) is 0 Å². The third kappa shape index (κ3) is 3.84. The molecule has 5 rings (SSSR count). The Bertz CT molecular complexity index is 1510. The maximum atomic E-state index is 13.5. The quantitative estimate of drug-likeness (QED) is 0.306. The van der Waals surface area contributed by atoms with E-state index in [1.165, 1.54) is 4.80 Å². The van der Waals surface area contributed by atoms with Gasteiger partial charge in [0.15, 0.2) is 11.5 Å².